The maximum absolute atomic E-state index is 5.67. The van der Waals surface area contributed by atoms with Crippen LogP contribution in [0.3, 0.4) is 0 Å². The van der Waals surface area contributed by atoms with Gasteiger partial charge in [0.1, 0.15) is 5.82 Å². The fraction of sp³-hybridized carbons (Fsp3) is 0.244. The van der Waals surface area contributed by atoms with Crippen molar-refractivity contribution >= 4 is 35.4 Å². The topological polar surface area (TPSA) is 32.3 Å². The van der Waals surface area contributed by atoms with Gasteiger partial charge in [-0.15, -0.1) is 0 Å². The number of halogens is 2. The zero-order valence-corrected chi connectivity index (χ0v) is 32.7. The third-order valence-corrected chi connectivity index (χ3v) is 9.47. The molecule has 2 aromatic heterocycles. The van der Waals surface area contributed by atoms with Crippen molar-refractivity contribution in [1.29, 1.82) is 0 Å². The molecule has 0 radical (unpaired) electrons. The second-order valence-corrected chi connectivity index (χ2v) is 17.7. The second-order valence-electron chi connectivity index (χ2n) is 12.0. The van der Waals surface area contributed by atoms with Crippen LogP contribution in [0, 0.1) is 55.4 Å². The summed E-state index contributed by atoms with van der Waals surface area (Å²) < 4.78 is 1.92. The van der Waals surface area contributed by atoms with Crippen LogP contribution in [0.4, 0.5) is 11.4 Å². The zero-order valence-electron chi connectivity index (χ0n) is 29.4. The molecule has 48 heavy (non-hydrogen) atoms. The fourth-order valence-corrected chi connectivity index (χ4v) is 7.61. The molecule has 0 N–H and O–H groups in total. The predicted molar refractivity (Wildman–Crippen MR) is 206 cm³/mol. The number of pyridine rings is 2. The Kier molecular flexibility index (Phi) is 15.7. The molecule has 254 valence electrons. The van der Waals surface area contributed by atoms with E-state index in [-0.39, 0.29) is 0 Å². The van der Waals surface area contributed by atoms with Crippen molar-refractivity contribution in [2.75, 3.05) is 22.9 Å². The van der Waals surface area contributed by atoms with E-state index >= 15 is 0 Å². The molecule has 7 heteroatoms. The Balaban J connectivity index is 0.000000211. The molecule has 6 rings (SSSR count). The summed E-state index contributed by atoms with van der Waals surface area (Å²) in [7, 11) is 11.3. The minimum atomic E-state index is -1.61. The number of nitrogens with zero attached hydrogens (tertiary/aromatic N) is 4. The average molecular weight is 769 g/mol. The molecule has 3 heterocycles. The summed E-state index contributed by atoms with van der Waals surface area (Å²) in [6, 6.07) is 26.8. The van der Waals surface area contributed by atoms with Crippen molar-refractivity contribution in [3.8, 4) is 0 Å². The molecule has 0 aliphatic carbocycles. The molecule has 0 saturated carbocycles. The molecule has 0 bridgehead atoms. The van der Waals surface area contributed by atoms with Gasteiger partial charge in [-0.1, -0.05) is 54.1 Å². The summed E-state index contributed by atoms with van der Waals surface area (Å²) in [4.78, 5) is 12.5. The molecule has 1 aliphatic rings. The molecule has 3 aromatic carbocycles. The average Bonchev–Trinajstić information content (AvgIpc) is 3.38. The van der Waals surface area contributed by atoms with E-state index in [1.54, 1.807) is 12.4 Å². The normalized spacial score (nSPS) is 12.1. The summed E-state index contributed by atoms with van der Waals surface area (Å²) in [5.74, 6) is 1.08. The van der Waals surface area contributed by atoms with Crippen LogP contribution in [0.2, 0.25) is 0 Å². The molecular weight excluding hydrogens is 720 g/mol. The first-order chi connectivity index (χ1) is 22.9. The van der Waals surface area contributed by atoms with E-state index in [0.29, 0.717) is 0 Å². The van der Waals surface area contributed by atoms with E-state index < -0.39 is 13.5 Å². The van der Waals surface area contributed by atoms with Crippen molar-refractivity contribution in [2.24, 2.45) is 0 Å². The van der Waals surface area contributed by atoms with Gasteiger partial charge in [0, 0.05) is 49.3 Å². The predicted octanol–water partition coefficient (Wildman–Crippen LogP) is 10.9. The van der Waals surface area contributed by atoms with Crippen molar-refractivity contribution in [1.82, 2.24) is 9.97 Å². The van der Waals surface area contributed by atoms with Gasteiger partial charge in [-0.2, -0.15) is 0 Å². The van der Waals surface area contributed by atoms with Crippen LogP contribution in [-0.4, -0.2) is 27.7 Å². The standard InChI is InChI=1S/C22H28N2.C7H6.2C6H7N.2ClH.Ru/c1-14-10-16(3)21(17(4)11-14)23-8-9-24(20(23)7)22-18(5)12-15(2)13-19(22)6;1-7-5-3-2-4-6-7;2*1-6-3-2-4-7-5-6;;;/h10-13H,7-9H2,1-6H3;1-6H;2*2-5H,1H3;2*1H;/q;;;;;;+2/p-2. The Bertz CT molecular complexity index is 1640. The van der Waals surface area contributed by atoms with Gasteiger partial charge in [0.2, 0.25) is 0 Å². The van der Waals surface area contributed by atoms with Gasteiger partial charge in [0.15, 0.2) is 0 Å². The van der Waals surface area contributed by atoms with E-state index in [1.807, 2.05) is 85.4 Å². The summed E-state index contributed by atoms with van der Waals surface area (Å²) in [6.45, 7) is 23.6. The molecule has 0 spiro atoms. The van der Waals surface area contributed by atoms with Crippen molar-refractivity contribution in [2.45, 2.75) is 55.4 Å². The van der Waals surface area contributed by atoms with Crippen LogP contribution >= 0.6 is 19.4 Å². The van der Waals surface area contributed by atoms with Gasteiger partial charge in [-0.25, -0.2) is 0 Å². The minimum absolute atomic E-state index is 0.982. The Morgan fingerprint density at radius 1 is 0.583 bits per heavy atom. The molecule has 1 saturated heterocycles. The number of benzene rings is 3. The molecule has 0 amide bonds. The summed E-state index contributed by atoms with van der Waals surface area (Å²) >= 11 is -1.61. The van der Waals surface area contributed by atoms with E-state index in [4.69, 9.17) is 19.4 Å². The van der Waals surface area contributed by atoms with Crippen LogP contribution in [0.15, 0.2) is 116 Å². The van der Waals surface area contributed by atoms with Gasteiger partial charge >= 0.3 is 73.4 Å². The van der Waals surface area contributed by atoms with Gasteiger partial charge in [-0.3, -0.25) is 9.97 Å². The monoisotopic (exact) mass is 768 g/mol. The van der Waals surface area contributed by atoms with E-state index in [9.17, 15) is 0 Å². The van der Waals surface area contributed by atoms with Crippen molar-refractivity contribution in [3.05, 3.63) is 166 Å². The van der Waals surface area contributed by atoms with E-state index in [0.717, 1.165) is 24.5 Å². The van der Waals surface area contributed by atoms with Gasteiger partial charge in [-0.05, 0) is 101 Å². The molecular formula is C41H48Cl2N4Ru. The Morgan fingerprint density at radius 2 is 0.979 bits per heavy atom. The SMILES string of the molecule is C=C1N(c2c(C)cc(C)cc2C)CCN1c1c(C)cc(C)cc1C.Cc1cccnc1.Cc1cccnc1.[Cl][Ru]([Cl])=[CH]c1ccccc1. The van der Waals surface area contributed by atoms with Crippen LogP contribution in [-0.2, 0) is 13.5 Å². The first-order valence-corrected chi connectivity index (χ1v) is 21.4. The summed E-state index contributed by atoms with van der Waals surface area (Å²) in [5.41, 5.74) is 14.1. The van der Waals surface area contributed by atoms with E-state index in [1.165, 1.54) is 55.9 Å². The Hall–Kier alpha value is -3.63. The molecule has 0 unspecified atom stereocenters. The van der Waals surface area contributed by atoms with Crippen LogP contribution in [0.5, 0.6) is 0 Å². The quantitative estimate of drug-likeness (QED) is 0.171. The number of aryl methyl sites for hydroxylation is 8. The van der Waals surface area contributed by atoms with Crippen molar-refractivity contribution < 1.29 is 13.5 Å². The van der Waals surface area contributed by atoms with Crippen LogP contribution in [0.1, 0.15) is 50.1 Å². The molecule has 1 fully saturated rings. The molecule has 0 atom stereocenters. The number of rotatable bonds is 3. The summed E-state index contributed by atoms with van der Waals surface area (Å²) in [5, 5.41) is 0. The molecule has 1 aliphatic heterocycles. The molecule has 4 nitrogen and oxygen atoms in total. The van der Waals surface area contributed by atoms with Crippen LogP contribution in [0.25, 0.3) is 0 Å². The first kappa shape index (κ1) is 38.8. The third-order valence-electron chi connectivity index (χ3n) is 7.59. The number of anilines is 2. The first-order valence-electron chi connectivity index (χ1n) is 15.9. The number of hydrogen-bond acceptors (Lipinski definition) is 4. The fourth-order valence-electron chi connectivity index (χ4n) is 5.79. The second kappa shape index (κ2) is 19.4. The number of aromatic nitrogens is 2. The maximum atomic E-state index is 5.67. The van der Waals surface area contributed by atoms with Crippen molar-refractivity contribution in [3.63, 3.8) is 0 Å². The van der Waals surface area contributed by atoms with Gasteiger partial charge < -0.3 is 9.80 Å². The number of hydrogen-bond donors (Lipinski definition) is 0. The Morgan fingerprint density at radius 3 is 1.27 bits per heavy atom. The third kappa shape index (κ3) is 12.1. The van der Waals surface area contributed by atoms with Gasteiger partial charge in [0.25, 0.3) is 0 Å². The zero-order chi connectivity index (χ0) is 35.2. The summed E-state index contributed by atoms with van der Waals surface area (Å²) in [6.07, 6.45) is 7.21. The molecule has 5 aromatic rings. The van der Waals surface area contributed by atoms with Crippen LogP contribution < -0.4 is 9.80 Å². The van der Waals surface area contributed by atoms with Gasteiger partial charge in [0.05, 0.1) is 0 Å². The van der Waals surface area contributed by atoms with E-state index in [2.05, 4.69) is 92.2 Å². The Labute approximate surface area is 301 Å².